The second-order valence-electron chi connectivity index (χ2n) is 24.5. The van der Waals surface area contributed by atoms with Gasteiger partial charge in [0.25, 0.3) is 0 Å². The molecule has 0 saturated carbocycles. The number of hydrogen-bond donors (Lipinski definition) is 6. The van der Waals surface area contributed by atoms with Crippen LogP contribution in [0.15, 0.2) is 36.5 Å². The van der Waals surface area contributed by atoms with Gasteiger partial charge in [-0.3, -0.25) is 9.35 Å². The van der Waals surface area contributed by atoms with Crippen LogP contribution in [0.25, 0.3) is 0 Å². The molecular formula is C69H131NO11S. The zero-order chi connectivity index (χ0) is 59.7. The summed E-state index contributed by atoms with van der Waals surface area (Å²) in [5.41, 5.74) is 0. The number of unbranched alkanes of at least 4 members (excludes halogenated alkanes) is 46. The van der Waals surface area contributed by atoms with Crippen molar-refractivity contribution in [3.63, 3.8) is 0 Å². The lowest BCUT2D eigenvalue weighted by Crippen LogP contribution is -2.61. The molecule has 1 aliphatic heterocycles. The van der Waals surface area contributed by atoms with Crippen molar-refractivity contribution in [2.75, 3.05) is 13.2 Å². The predicted molar refractivity (Wildman–Crippen MR) is 342 cm³/mol. The Hall–Kier alpha value is -1.68. The topological polar surface area (TPSA) is 192 Å². The van der Waals surface area contributed by atoms with Gasteiger partial charge in [0, 0.05) is 6.42 Å². The number of nitrogens with one attached hydrogen (secondary N) is 1. The van der Waals surface area contributed by atoms with Gasteiger partial charge in [-0.25, -0.2) is 4.18 Å². The smallest absolute Gasteiger partial charge is 0.394 e. The monoisotopic (exact) mass is 1180 g/mol. The first-order valence-electron chi connectivity index (χ1n) is 34.9. The minimum atomic E-state index is -5.09. The second-order valence-corrected chi connectivity index (χ2v) is 25.5. The highest BCUT2D eigenvalue weighted by atomic mass is 32.3. The Kier molecular flexibility index (Phi) is 55.7. The van der Waals surface area contributed by atoms with E-state index in [1.54, 1.807) is 6.08 Å². The molecule has 1 fully saturated rings. The normalized spacial score (nSPS) is 18.6. The Bertz CT molecular complexity index is 1580. The molecule has 1 saturated heterocycles. The Morgan fingerprint density at radius 2 is 0.817 bits per heavy atom. The largest absolute Gasteiger partial charge is 0.397 e. The number of amides is 1. The lowest BCUT2D eigenvalue weighted by molar-refractivity contribution is -0.298. The van der Waals surface area contributed by atoms with Gasteiger partial charge in [-0.15, -0.1) is 0 Å². The number of ether oxygens (including phenoxy) is 2. The number of aliphatic hydroxyl groups excluding tert-OH is 4. The van der Waals surface area contributed by atoms with Crippen LogP contribution in [0, 0.1) is 0 Å². The van der Waals surface area contributed by atoms with Gasteiger partial charge in [-0.05, 0) is 51.4 Å². The average Bonchev–Trinajstić information content (AvgIpc) is 3.60. The number of carbonyl (C=O) groups is 1. The van der Waals surface area contributed by atoms with Crippen molar-refractivity contribution >= 4 is 16.3 Å². The second kappa shape index (κ2) is 58.3. The molecule has 0 aliphatic carbocycles. The van der Waals surface area contributed by atoms with E-state index in [2.05, 4.69) is 47.7 Å². The maximum atomic E-state index is 13.2. The van der Waals surface area contributed by atoms with E-state index in [1.165, 1.54) is 270 Å². The molecule has 12 nitrogen and oxygen atoms in total. The van der Waals surface area contributed by atoms with Crippen molar-refractivity contribution in [3.8, 4) is 0 Å². The maximum absolute atomic E-state index is 13.2. The Morgan fingerprint density at radius 3 is 1.16 bits per heavy atom. The molecule has 1 aliphatic rings. The molecule has 6 N–H and O–H groups in total. The minimum Gasteiger partial charge on any atom is -0.394 e. The first-order valence-corrected chi connectivity index (χ1v) is 36.2. The number of hydrogen-bond acceptors (Lipinski definition) is 10. The summed E-state index contributed by atoms with van der Waals surface area (Å²) in [7, 11) is -5.09. The highest BCUT2D eigenvalue weighted by Crippen LogP contribution is 2.26. The molecule has 0 aromatic rings. The summed E-state index contributed by atoms with van der Waals surface area (Å²) >= 11 is 0. The summed E-state index contributed by atoms with van der Waals surface area (Å²) in [4.78, 5) is 13.2. The lowest BCUT2D eigenvalue weighted by atomic mass is 9.99. The number of carbonyl (C=O) groups excluding carboxylic acids is 1. The third-order valence-electron chi connectivity index (χ3n) is 16.7. The van der Waals surface area contributed by atoms with Crippen LogP contribution in [0.3, 0.4) is 0 Å². The van der Waals surface area contributed by atoms with Gasteiger partial charge >= 0.3 is 10.4 Å². The minimum absolute atomic E-state index is 0.257. The third-order valence-corrected chi connectivity index (χ3v) is 17.1. The van der Waals surface area contributed by atoms with Crippen molar-refractivity contribution in [1.29, 1.82) is 0 Å². The fourth-order valence-electron chi connectivity index (χ4n) is 11.3. The quantitative estimate of drug-likeness (QED) is 0.0193. The summed E-state index contributed by atoms with van der Waals surface area (Å²) in [5, 5.41) is 45.2. The zero-order valence-electron chi connectivity index (χ0n) is 53.1. The van der Waals surface area contributed by atoms with Crippen molar-refractivity contribution < 1.29 is 51.8 Å². The molecule has 484 valence electrons. The molecule has 0 spiro atoms. The maximum Gasteiger partial charge on any atom is 0.397 e. The molecule has 7 unspecified atom stereocenters. The number of allylic oxidation sites excluding steroid dienone is 5. The van der Waals surface area contributed by atoms with Crippen molar-refractivity contribution in [2.24, 2.45) is 0 Å². The van der Waals surface area contributed by atoms with E-state index in [-0.39, 0.29) is 18.9 Å². The van der Waals surface area contributed by atoms with E-state index in [9.17, 15) is 38.2 Å². The molecule has 1 rings (SSSR count). The van der Waals surface area contributed by atoms with E-state index in [0.29, 0.717) is 6.42 Å². The molecule has 1 heterocycles. The average molecular weight is 1180 g/mol. The van der Waals surface area contributed by atoms with E-state index in [0.717, 1.165) is 44.9 Å². The first kappa shape index (κ1) is 78.3. The van der Waals surface area contributed by atoms with Crippen molar-refractivity contribution in [2.45, 2.75) is 384 Å². The Balaban J connectivity index is 2.26. The molecule has 13 heteroatoms. The van der Waals surface area contributed by atoms with E-state index in [1.807, 2.05) is 6.08 Å². The van der Waals surface area contributed by atoms with Crippen LogP contribution in [0.1, 0.15) is 341 Å². The Morgan fingerprint density at radius 1 is 0.488 bits per heavy atom. The van der Waals surface area contributed by atoms with Gasteiger partial charge in [0.2, 0.25) is 5.91 Å². The van der Waals surface area contributed by atoms with Crippen LogP contribution in [-0.4, -0.2) is 95.4 Å². The van der Waals surface area contributed by atoms with Crippen LogP contribution in [0.2, 0.25) is 0 Å². The van der Waals surface area contributed by atoms with E-state index < -0.39 is 59.9 Å². The highest BCUT2D eigenvalue weighted by molar-refractivity contribution is 7.80. The molecule has 0 aromatic heterocycles. The summed E-state index contributed by atoms with van der Waals surface area (Å²) in [6, 6.07) is -0.946. The van der Waals surface area contributed by atoms with Crippen molar-refractivity contribution in [3.05, 3.63) is 36.5 Å². The lowest BCUT2D eigenvalue weighted by Gasteiger charge is -2.41. The fraction of sp³-hybridized carbons (Fsp3) is 0.899. The summed E-state index contributed by atoms with van der Waals surface area (Å²) in [6.45, 7) is 3.45. The predicted octanol–water partition coefficient (Wildman–Crippen LogP) is 18.1. The fourth-order valence-corrected chi connectivity index (χ4v) is 11.8. The number of rotatable bonds is 62. The molecular weight excluding hydrogens is 1050 g/mol. The van der Waals surface area contributed by atoms with Crippen LogP contribution < -0.4 is 5.32 Å². The highest BCUT2D eigenvalue weighted by Gasteiger charge is 2.48. The van der Waals surface area contributed by atoms with Gasteiger partial charge in [0.1, 0.15) is 24.4 Å². The van der Waals surface area contributed by atoms with Gasteiger partial charge in [0.15, 0.2) is 6.29 Å². The molecule has 1 amide bonds. The molecule has 0 radical (unpaired) electrons. The molecule has 7 atom stereocenters. The van der Waals surface area contributed by atoms with Crippen molar-refractivity contribution in [1.82, 2.24) is 5.32 Å². The summed E-state index contributed by atoms with van der Waals surface area (Å²) < 4.78 is 48.0. The first-order chi connectivity index (χ1) is 40.0. The molecule has 0 bridgehead atoms. The zero-order valence-corrected chi connectivity index (χ0v) is 53.9. The molecule has 0 aromatic carbocycles. The third kappa shape index (κ3) is 49.4. The summed E-state index contributed by atoms with van der Waals surface area (Å²) in [6.07, 6.45) is 67.8. The molecule has 82 heavy (non-hydrogen) atoms. The SMILES string of the molecule is CCCCCCCCCCC/C=C\C/C=C\CCCCCCCCCCCCCCCCCC(=O)NC(COC1OC(CO)C(O)C(OS(=O)(=O)O)C1O)C(O)/C=C/CCCCCCCCCCCCCCCCCCCCCCCC. The number of aliphatic hydroxyl groups is 4. The van der Waals surface area contributed by atoms with Crippen LogP contribution in [0.5, 0.6) is 0 Å². The van der Waals surface area contributed by atoms with E-state index in [4.69, 9.17) is 9.47 Å². The van der Waals surface area contributed by atoms with Crippen LogP contribution >= 0.6 is 0 Å². The van der Waals surface area contributed by atoms with E-state index >= 15 is 0 Å². The standard InChI is InChI=1S/C69H131NO11S/c1-3-5-7-9-11-13-15-17-19-21-23-25-27-29-30-31-32-33-34-35-37-39-41-43-45-47-49-51-53-55-57-59-65(73)70-62(61-79-69-67(75)68(81-82(76,77)78)66(74)64(60-71)80-69)63(72)58-56-54-52-50-48-46-44-42-40-38-36-28-26-24-22-20-18-16-14-12-10-8-6-4-2/h23,25,29-30,56,58,62-64,66-69,71-72,74-75H,3-22,24,26-28,31-55,57,59-61H2,1-2H3,(H,70,73)(H,76,77,78)/b25-23-,30-29-,58-56+. The van der Waals surface area contributed by atoms with Gasteiger partial charge in [0.05, 0.1) is 25.4 Å². The Labute approximate surface area is 505 Å². The van der Waals surface area contributed by atoms with Gasteiger partial charge in [-0.1, -0.05) is 320 Å². The van der Waals surface area contributed by atoms with Gasteiger partial charge in [-0.2, -0.15) is 8.42 Å². The van der Waals surface area contributed by atoms with Crippen LogP contribution in [-0.2, 0) is 28.9 Å². The summed E-state index contributed by atoms with van der Waals surface area (Å²) in [5.74, 6) is -0.257. The van der Waals surface area contributed by atoms with Gasteiger partial charge < -0.3 is 35.2 Å². The van der Waals surface area contributed by atoms with Crippen LogP contribution in [0.4, 0.5) is 0 Å².